The third-order valence-corrected chi connectivity index (χ3v) is 5.55. The first kappa shape index (κ1) is 16.4. The molecule has 108 valence electrons. The Morgan fingerprint density at radius 2 is 1.68 bits per heavy atom. The van der Waals surface area contributed by atoms with E-state index in [2.05, 4.69) is 38.1 Å². The second-order valence-corrected chi connectivity index (χ2v) is 7.15. The molecule has 0 bridgehead atoms. The summed E-state index contributed by atoms with van der Waals surface area (Å²) >= 11 is 0. The third kappa shape index (κ3) is 6.37. The van der Waals surface area contributed by atoms with Crippen LogP contribution >= 0.6 is 0 Å². The van der Waals surface area contributed by atoms with Crippen LogP contribution in [0.2, 0.25) is 0 Å². The molecule has 2 nitrogen and oxygen atoms in total. The van der Waals surface area contributed by atoms with Crippen molar-refractivity contribution in [1.82, 2.24) is 0 Å². The summed E-state index contributed by atoms with van der Waals surface area (Å²) in [5.41, 5.74) is 1.28. The largest absolute Gasteiger partial charge is 0.397 e. The zero-order valence-electron chi connectivity index (χ0n) is 12.7. The van der Waals surface area contributed by atoms with Gasteiger partial charge < -0.3 is 8.85 Å². The molecule has 0 fully saturated rings. The predicted molar refractivity (Wildman–Crippen MR) is 84.3 cm³/mol. The maximum atomic E-state index is 5.98. The van der Waals surface area contributed by atoms with Gasteiger partial charge in [-0.05, 0) is 24.1 Å². The quantitative estimate of drug-likeness (QED) is 0.483. The molecule has 0 saturated heterocycles. The Morgan fingerprint density at radius 3 is 2.37 bits per heavy atom. The Bertz CT molecular complexity index is 341. The van der Waals surface area contributed by atoms with Gasteiger partial charge >= 0.3 is 9.28 Å². The Morgan fingerprint density at radius 1 is 1.00 bits per heavy atom. The third-order valence-electron chi connectivity index (χ3n) is 3.42. The molecule has 0 spiro atoms. The molecule has 0 heterocycles. The van der Waals surface area contributed by atoms with Crippen molar-refractivity contribution in [3.05, 3.63) is 29.8 Å². The predicted octanol–water partition coefficient (Wildman–Crippen LogP) is 3.45. The lowest BCUT2D eigenvalue weighted by molar-refractivity contribution is 0.234. The summed E-state index contributed by atoms with van der Waals surface area (Å²) in [5, 5.41) is 1.27. The average Bonchev–Trinajstić information content (AvgIpc) is 2.43. The fourth-order valence-electron chi connectivity index (χ4n) is 2.21. The fourth-order valence-corrected chi connectivity index (χ4v) is 3.90. The van der Waals surface area contributed by atoms with Gasteiger partial charge in [-0.2, -0.15) is 0 Å². The van der Waals surface area contributed by atoms with Gasteiger partial charge in [0.15, 0.2) is 0 Å². The van der Waals surface area contributed by atoms with E-state index in [4.69, 9.17) is 8.85 Å². The second kappa shape index (κ2) is 10.2. The summed E-state index contributed by atoms with van der Waals surface area (Å²) in [6, 6.07) is 8.39. The highest BCUT2D eigenvalue weighted by Crippen LogP contribution is 2.06. The van der Waals surface area contributed by atoms with E-state index in [0.717, 1.165) is 13.0 Å². The highest BCUT2D eigenvalue weighted by molar-refractivity contribution is 6.61. The normalized spacial score (nSPS) is 12.6. The van der Waals surface area contributed by atoms with E-state index >= 15 is 0 Å². The van der Waals surface area contributed by atoms with Gasteiger partial charge in [0.1, 0.15) is 0 Å². The summed E-state index contributed by atoms with van der Waals surface area (Å²) in [5.74, 6) is 0. The van der Waals surface area contributed by atoms with Crippen LogP contribution in [0.15, 0.2) is 24.3 Å². The van der Waals surface area contributed by atoms with Crippen LogP contribution in [0.5, 0.6) is 0 Å². The minimum Gasteiger partial charge on any atom is -0.397 e. The maximum absolute atomic E-state index is 5.98. The number of hydrogen-bond donors (Lipinski definition) is 0. The molecule has 1 rings (SSSR count). The van der Waals surface area contributed by atoms with E-state index in [0.29, 0.717) is 0 Å². The Kier molecular flexibility index (Phi) is 8.79. The van der Waals surface area contributed by atoms with Gasteiger partial charge in [0, 0.05) is 13.7 Å². The molecule has 0 saturated carbocycles. The lowest BCUT2D eigenvalue weighted by atomic mass is 10.1. The van der Waals surface area contributed by atoms with Gasteiger partial charge in [-0.3, -0.25) is 0 Å². The number of rotatable bonds is 10. The molecular formula is C16H28O2Si. The molecule has 1 aromatic carbocycles. The van der Waals surface area contributed by atoms with E-state index in [9.17, 15) is 0 Å². The zero-order chi connectivity index (χ0) is 13.9. The molecule has 0 aromatic heterocycles. The topological polar surface area (TPSA) is 18.5 Å². The lowest BCUT2D eigenvalue weighted by Crippen LogP contribution is -2.37. The molecular weight excluding hydrogens is 252 g/mol. The molecule has 0 aliphatic heterocycles. The van der Waals surface area contributed by atoms with Crippen LogP contribution in [0, 0.1) is 6.92 Å². The first-order chi connectivity index (χ1) is 9.29. The second-order valence-electron chi connectivity index (χ2n) is 5.06. The highest BCUT2D eigenvalue weighted by atomic mass is 28.3. The molecule has 0 N–H and O–H groups in total. The molecule has 3 heteroatoms. The van der Waals surface area contributed by atoms with Crippen LogP contribution in [-0.2, 0) is 8.85 Å². The maximum Gasteiger partial charge on any atom is 0.355 e. The van der Waals surface area contributed by atoms with Gasteiger partial charge in [0.2, 0.25) is 0 Å². The van der Waals surface area contributed by atoms with Crippen molar-refractivity contribution in [1.29, 1.82) is 0 Å². The van der Waals surface area contributed by atoms with Crippen molar-refractivity contribution in [2.75, 3.05) is 13.7 Å². The van der Waals surface area contributed by atoms with Crippen LogP contribution in [0.4, 0.5) is 0 Å². The van der Waals surface area contributed by atoms with E-state index < -0.39 is 9.28 Å². The fraction of sp³-hybridized carbons (Fsp3) is 0.625. The standard InChI is InChI=1S/C16H28O2Si/c1-4-5-6-7-8-11-14-18-19(17-3)16-13-10-9-12-15(16)2/h9-10,12-13,19H,4-8,11,14H2,1-3H3. The van der Waals surface area contributed by atoms with Crippen LogP contribution in [0.25, 0.3) is 0 Å². The Hall–Kier alpha value is -0.643. The smallest absolute Gasteiger partial charge is 0.355 e. The van der Waals surface area contributed by atoms with Gasteiger partial charge in [-0.1, -0.05) is 63.3 Å². The zero-order valence-corrected chi connectivity index (χ0v) is 13.8. The van der Waals surface area contributed by atoms with E-state index in [1.807, 2.05) is 0 Å². The number of unbranched alkanes of at least 4 members (excludes halogenated alkanes) is 5. The summed E-state index contributed by atoms with van der Waals surface area (Å²) in [6.07, 6.45) is 7.79. The molecule has 0 aliphatic rings. The minimum absolute atomic E-state index is 0.838. The van der Waals surface area contributed by atoms with E-state index in [1.165, 1.54) is 42.9 Å². The van der Waals surface area contributed by atoms with Crippen molar-refractivity contribution in [2.45, 2.75) is 52.4 Å². The monoisotopic (exact) mass is 280 g/mol. The molecule has 19 heavy (non-hydrogen) atoms. The van der Waals surface area contributed by atoms with Crippen molar-refractivity contribution in [3.8, 4) is 0 Å². The molecule has 1 atom stereocenters. The van der Waals surface area contributed by atoms with Crippen molar-refractivity contribution in [2.24, 2.45) is 0 Å². The minimum atomic E-state index is -1.68. The Labute approximate surface area is 120 Å². The molecule has 0 amide bonds. The number of aryl methyl sites for hydroxylation is 1. The first-order valence-electron chi connectivity index (χ1n) is 7.49. The average molecular weight is 280 g/mol. The molecule has 1 unspecified atom stereocenters. The van der Waals surface area contributed by atoms with Crippen LogP contribution in [0.1, 0.15) is 51.0 Å². The van der Waals surface area contributed by atoms with Crippen molar-refractivity contribution in [3.63, 3.8) is 0 Å². The van der Waals surface area contributed by atoms with Gasteiger partial charge in [-0.25, -0.2) is 0 Å². The van der Waals surface area contributed by atoms with Crippen LogP contribution < -0.4 is 5.19 Å². The van der Waals surface area contributed by atoms with Gasteiger partial charge in [0.05, 0.1) is 0 Å². The van der Waals surface area contributed by atoms with Crippen molar-refractivity contribution >= 4 is 14.5 Å². The van der Waals surface area contributed by atoms with E-state index in [1.54, 1.807) is 7.11 Å². The summed E-state index contributed by atoms with van der Waals surface area (Å²) < 4.78 is 11.6. The number of benzene rings is 1. The first-order valence-corrected chi connectivity index (χ1v) is 9.01. The lowest BCUT2D eigenvalue weighted by Gasteiger charge is -2.16. The Balaban J connectivity index is 2.24. The SMILES string of the molecule is CCCCCCCCO[SiH](OC)c1ccccc1C. The van der Waals surface area contributed by atoms with Crippen LogP contribution in [-0.4, -0.2) is 23.0 Å². The molecule has 0 radical (unpaired) electrons. The van der Waals surface area contributed by atoms with E-state index in [-0.39, 0.29) is 0 Å². The molecule has 1 aromatic rings. The highest BCUT2D eigenvalue weighted by Gasteiger charge is 2.16. The van der Waals surface area contributed by atoms with Gasteiger partial charge in [0.25, 0.3) is 0 Å². The van der Waals surface area contributed by atoms with Crippen LogP contribution in [0.3, 0.4) is 0 Å². The number of hydrogen-bond acceptors (Lipinski definition) is 2. The summed E-state index contributed by atoms with van der Waals surface area (Å²) in [4.78, 5) is 0. The summed E-state index contributed by atoms with van der Waals surface area (Å²) in [7, 11) is 0.0929. The molecule has 0 aliphatic carbocycles. The summed E-state index contributed by atoms with van der Waals surface area (Å²) in [6.45, 7) is 5.22. The van der Waals surface area contributed by atoms with Gasteiger partial charge in [-0.15, -0.1) is 0 Å². The van der Waals surface area contributed by atoms with Crippen molar-refractivity contribution < 1.29 is 8.85 Å².